The van der Waals surface area contributed by atoms with Gasteiger partial charge >= 0.3 is 6.03 Å². The SMILES string of the molecule is COc1ccc(CN2C(=O)N(c3ccc(OC)cc3)C(=O)[C@H]2CC(=O)Nc2ccc(Cl)cc2)cc1. The Kier molecular flexibility index (Phi) is 7.22. The van der Waals surface area contributed by atoms with E-state index in [1.807, 2.05) is 12.1 Å². The molecule has 1 saturated heterocycles. The lowest BCUT2D eigenvalue weighted by Gasteiger charge is -2.22. The number of amides is 4. The molecule has 1 aliphatic heterocycles. The van der Waals surface area contributed by atoms with Crippen molar-refractivity contribution in [1.29, 1.82) is 0 Å². The van der Waals surface area contributed by atoms with Crippen LogP contribution in [0.15, 0.2) is 72.8 Å². The van der Waals surface area contributed by atoms with Crippen LogP contribution in [0.4, 0.5) is 16.2 Å². The molecule has 8 nitrogen and oxygen atoms in total. The van der Waals surface area contributed by atoms with Crippen molar-refractivity contribution in [3.05, 3.63) is 83.4 Å². The number of benzene rings is 3. The highest BCUT2D eigenvalue weighted by molar-refractivity contribution is 6.30. The van der Waals surface area contributed by atoms with Gasteiger partial charge in [-0.2, -0.15) is 0 Å². The van der Waals surface area contributed by atoms with E-state index in [0.29, 0.717) is 27.9 Å². The summed E-state index contributed by atoms with van der Waals surface area (Å²) in [6, 6.07) is 19.0. The molecule has 0 radical (unpaired) electrons. The van der Waals surface area contributed by atoms with Gasteiger partial charge in [0.2, 0.25) is 5.91 Å². The van der Waals surface area contributed by atoms with Gasteiger partial charge in [-0.3, -0.25) is 9.59 Å². The Labute approximate surface area is 208 Å². The van der Waals surface area contributed by atoms with E-state index in [9.17, 15) is 14.4 Å². The normalized spacial score (nSPS) is 15.3. The lowest BCUT2D eigenvalue weighted by Crippen LogP contribution is -2.37. The maximum Gasteiger partial charge on any atom is 0.332 e. The summed E-state index contributed by atoms with van der Waals surface area (Å²) in [4.78, 5) is 42.2. The smallest absolute Gasteiger partial charge is 0.332 e. The molecule has 0 unspecified atom stereocenters. The molecule has 4 amide bonds. The summed E-state index contributed by atoms with van der Waals surface area (Å²) in [7, 11) is 3.10. The number of imide groups is 1. The van der Waals surface area contributed by atoms with Crippen molar-refractivity contribution in [1.82, 2.24) is 4.90 Å². The molecule has 4 rings (SSSR count). The fraction of sp³-hybridized carbons (Fsp3) is 0.192. The quantitative estimate of drug-likeness (QED) is 0.458. The molecular weight excluding hydrogens is 470 g/mol. The van der Waals surface area contributed by atoms with Crippen molar-refractivity contribution in [2.45, 2.75) is 19.0 Å². The van der Waals surface area contributed by atoms with Gasteiger partial charge in [0, 0.05) is 17.3 Å². The van der Waals surface area contributed by atoms with Crippen LogP contribution >= 0.6 is 11.6 Å². The Hall–Kier alpha value is -4.04. The Bertz CT molecular complexity index is 1210. The first kappa shape index (κ1) is 24.1. The summed E-state index contributed by atoms with van der Waals surface area (Å²) < 4.78 is 10.4. The highest BCUT2D eigenvalue weighted by Crippen LogP contribution is 2.30. The molecule has 1 atom stereocenters. The largest absolute Gasteiger partial charge is 0.497 e. The summed E-state index contributed by atoms with van der Waals surface area (Å²) in [5.74, 6) is 0.410. The number of rotatable bonds is 8. The highest BCUT2D eigenvalue weighted by Gasteiger charge is 2.46. The monoisotopic (exact) mass is 493 g/mol. The summed E-state index contributed by atoms with van der Waals surface area (Å²) in [6.45, 7) is 0.153. The molecule has 0 saturated carbocycles. The van der Waals surface area contributed by atoms with E-state index < -0.39 is 23.9 Å². The average Bonchev–Trinajstić information content (AvgIpc) is 3.09. The van der Waals surface area contributed by atoms with Crippen molar-refractivity contribution < 1.29 is 23.9 Å². The van der Waals surface area contributed by atoms with Crippen LogP contribution in [-0.4, -0.2) is 43.0 Å². The first-order valence-electron chi connectivity index (χ1n) is 10.9. The van der Waals surface area contributed by atoms with Crippen molar-refractivity contribution >= 4 is 40.8 Å². The van der Waals surface area contributed by atoms with Crippen LogP contribution in [0.1, 0.15) is 12.0 Å². The fourth-order valence-electron chi connectivity index (χ4n) is 3.83. The van der Waals surface area contributed by atoms with E-state index in [1.54, 1.807) is 67.8 Å². The molecule has 0 aromatic heterocycles. The van der Waals surface area contributed by atoms with E-state index in [1.165, 1.54) is 12.0 Å². The number of halogens is 1. The summed E-state index contributed by atoms with van der Waals surface area (Å²) in [5.41, 5.74) is 1.75. The van der Waals surface area contributed by atoms with Gasteiger partial charge < -0.3 is 19.7 Å². The lowest BCUT2D eigenvalue weighted by atomic mass is 10.1. The Morgan fingerprint density at radius 3 is 2.03 bits per heavy atom. The molecule has 3 aromatic rings. The zero-order valence-corrected chi connectivity index (χ0v) is 20.0. The van der Waals surface area contributed by atoms with Crippen LogP contribution in [0, 0.1) is 0 Å². The number of ether oxygens (including phenoxy) is 2. The topological polar surface area (TPSA) is 88.2 Å². The number of carbonyl (C=O) groups excluding carboxylic acids is 3. The summed E-state index contributed by atoms with van der Waals surface area (Å²) in [6.07, 6.45) is -0.198. The number of hydrogen-bond acceptors (Lipinski definition) is 5. The molecule has 3 aromatic carbocycles. The lowest BCUT2D eigenvalue weighted by molar-refractivity contribution is -0.124. The van der Waals surface area contributed by atoms with Crippen LogP contribution in [0.5, 0.6) is 11.5 Å². The third-order valence-electron chi connectivity index (χ3n) is 5.67. The Morgan fingerprint density at radius 2 is 1.46 bits per heavy atom. The standard InChI is InChI=1S/C26H24ClN3O5/c1-34-21-11-3-17(4-12-21)16-29-23(15-24(31)28-19-7-5-18(27)6-8-19)25(32)30(26(29)33)20-9-13-22(35-2)14-10-20/h3-14,23H,15-16H2,1-2H3,(H,28,31)/t23-/m1/s1. The molecular formula is C26H24ClN3O5. The number of nitrogens with zero attached hydrogens (tertiary/aromatic N) is 2. The van der Waals surface area contributed by atoms with Crippen molar-refractivity contribution in [3.8, 4) is 11.5 Å². The van der Waals surface area contributed by atoms with Crippen LogP contribution < -0.4 is 19.7 Å². The van der Waals surface area contributed by atoms with E-state index in [0.717, 1.165) is 10.5 Å². The highest BCUT2D eigenvalue weighted by atomic mass is 35.5. The fourth-order valence-corrected chi connectivity index (χ4v) is 3.96. The average molecular weight is 494 g/mol. The zero-order chi connectivity index (χ0) is 24.9. The summed E-state index contributed by atoms with van der Waals surface area (Å²) >= 11 is 5.91. The van der Waals surface area contributed by atoms with Gasteiger partial charge in [-0.05, 0) is 66.2 Å². The Balaban J connectivity index is 1.59. The number of urea groups is 1. The molecule has 180 valence electrons. The predicted octanol–water partition coefficient (Wildman–Crippen LogP) is 4.72. The molecule has 1 N–H and O–H groups in total. The second-order valence-electron chi connectivity index (χ2n) is 7.91. The van der Waals surface area contributed by atoms with Gasteiger partial charge in [-0.15, -0.1) is 0 Å². The number of methoxy groups -OCH3 is 2. The third kappa shape index (κ3) is 5.38. The molecule has 1 fully saturated rings. The predicted molar refractivity (Wildman–Crippen MR) is 133 cm³/mol. The van der Waals surface area contributed by atoms with Gasteiger partial charge in [0.25, 0.3) is 5.91 Å². The van der Waals surface area contributed by atoms with E-state index in [-0.39, 0.29) is 13.0 Å². The van der Waals surface area contributed by atoms with E-state index in [4.69, 9.17) is 21.1 Å². The van der Waals surface area contributed by atoms with E-state index in [2.05, 4.69) is 5.32 Å². The minimum atomic E-state index is -0.973. The number of nitrogens with one attached hydrogen (secondary N) is 1. The first-order chi connectivity index (χ1) is 16.9. The second-order valence-corrected chi connectivity index (χ2v) is 8.34. The molecule has 0 bridgehead atoms. The van der Waals surface area contributed by atoms with Gasteiger partial charge in [0.1, 0.15) is 17.5 Å². The van der Waals surface area contributed by atoms with Crippen LogP contribution in [0.2, 0.25) is 5.02 Å². The zero-order valence-electron chi connectivity index (χ0n) is 19.2. The number of carbonyl (C=O) groups is 3. The Morgan fingerprint density at radius 1 is 0.886 bits per heavy atom. The molecule has 1 heterocycles. The van der Waals surface area contributed by atoms with Gasteiger partial charge in [0.05, 0.1) is 26.3 Å². The van der Waals surface area contributed by atoms with Crippen molar-refractivity contribution in [2.75, 3.05) is 24.4 Å². The number of hydrogen-bond donors (Lipinski definition) is 1. The number of anilines is 2. The molecule has 35 heavy (non-hydrogen) atoms. The maximum atomic E-state index is 13.4. The van der Waals surface area contributed by atoms with Gasteiger partial charge in [-0.25, -0.2) is 9.69 Å². The molecule has 9 heteroatoms. The van der Waals surface area contributed by atoms with Crippen molar-refractivity contribution in [3.63, 3.8) is 0 Å². The molecule has 0 aliphatic carbocycles. The maximum absolute atomic E-state index is 13.4. The van der Waals surface area contributed by atoms with Crippen LogP contribution in [0.25, 0.3) is 0 Å². The third-order valence-corrected chi connectivity index (χ3v) is 5.92. The molecule has 1 aliphatic rings. The minimum Gasteiger partial charge on any atom is -0.497 e. The van der Waals surface area contributed by atoms with Crippen molar-refractivity contribution in [2.24, 2.45) is 0 Å². The van der Waals surface area contributed by atoms with Crippen LogP contribution in [0.3, 0.4) is 0 Å². The summed E-state index contributed by atoms with van der Waals surface area (Å²) in [5, 5.41) is 3.30. The van der Waals surface area contributed by atoms with E-state index >= 15 is 0 Å². The van der Waals surface area contributed by atoms with Crippen LogP contribution in [-0.2, 0) is 16.1 Å². The molecule has 0 spiro atoms. The first-order valence-corrected chi connectivity index (χ1v) is 11.2. The minimum absolute atomic E-state index is 0.153. The second kappa shape index (κ2) is 10.5. The van der Waals surface area contributed by atoms with Gasteiger partial charge in [0.15, 0.2) is 0 Å². The van der Waals surface area contributed by atoms with Gasteiger partial charge in [-0.1, -0.05) is 23.7 Å².